The molecule has 3 N–H and O–H groups in total. The summed E-state index contributed by atoms with van der Waals surface area (Å²) in [6.07, 6.45) is 3.77. The zero-order valence-corrected chi connectivity index (χ0v) is 18.0. The normalized spacial score (nSPS) is 16.4. The third-order valence-corrected chi connectivity index (χ3v) is 6.46. The van der Waals surface area contributed by atoms with E-state index in [1.54, 1.807) is 6.07 Å². The molecule has 1 fully saturated rings. The lowest BCUT2D eigenvalue weighted by Gasteiger charge is -2.31. The minimum atomic E-state index is -3.78. The average Bonchev–Trinajstić information content (AvgIpc) is 3.03. The number of sulfonamides is 1. The van der Waals surface area contributed by atoms with Crippen molar-refractivity contribution in [1.29, 1.82) is 0 Å². The van der Waals surface area contributed by atoms with Gasteiger partial charge in [0.15, 0.2) is 0 Å². The van der Waals surface area contributed by atoms with Gasteiger partial charge >= 0.3 is 0 Å². The summed E-state index contributed by atoms with van der Waals surface area (Å²) in [6, 6.07) is 4.99. The molecule has 0 spiro atoms. The Morgan fingerprint density at radius 3 is 2.62 bits per heavy atom. The van der Waals surface area contributed by atoms with Crippen LogP contribution in [0.5, 0.6) is 0 Å². The van der Waals surface area contributed by atoms with Gasteiger partial charge in [0.25, 0.3) is 0 Å². The monoisotopic (exact) mass is 421 g/mol. The minimum absolute atomic E-state index is 0.0419. The first-order valence-electron chi connectivity index (χ1n) is 10.4. The molecule has 9 heteroatoms. The van der Waals surface area contributed by atoms with Gasteiger partial charge in [0.05, 0.1) is 15.9 Å². The summed E-state index contributed by atoms with van der Waals surface area (Å²) in [5, 5.41) is 8.39. The van der Waals surface area contributed by atoms with Crippen LogP contribution in [0.3, 0.4) is 0 Å². The Morgan fingerprint density at radius 1 is 1.28 bits per heavy atom. The highest BCUT2D eigenvalue weighted by atomic mass is 32.2. The molecule has 29 heavy (non-hydrogen) atoms. The summed E-state index contributed by atoms with van der Waals surface area (Å²) in [6.45, 7) is 8.11. The highest BCUT2D eigenvalue weighted by Gasteiger charge is 2.20. The number of hydrogen-bond donors (Lipinski definition) is 2. The maximum absolute atomic E-state index is 12.4. The number of rotatable bonds is 8. The summed E-state index contributed by atoms with van der Waals surface area (Å²) < 4.78 is 25.3. The van der Waals surface area contributed by atoms with E-state index >= 15 is 0 Å². The first-order valence-corrected chi connectivity index (χ1v) is 11.9. The Hall–Kier alpha value is -1.97. The molecule has 0 aliphatic carbocycles. The summed E-state index contributed by atoms with van der Waals surface area (Å²) in [5.74, 6) is 0.838. The van der Waals surface area contributed by atoms with E-state index in [0.717, 1.165) is 56.8 Å². The third-order valence-electron chi connectivity index (χ3n) is 5.55. The van der Waals surface area contributed by atoms with Gasteiger partial charge in [-0.05, 0) is 44.0 Å². The zero-order valence-electron chi connectivity index (χ0n) is 17.2. The van der Waals surface area contributed by atoms with E-state index in [1.807, 2.05) is 0 Å². The number of hydrogen-bond acceptors (Lipinski definition) is 5. The summed E-state index contributed by atoms with van der Waals surface area (Å²) >= 11 is 0. The van der Waals surface area contributed by atoms with E-state index in [0.29, 0.717) is 18.4 Å². The Labute approximate surface area is 172 Å². The van der Waals surface area contributed by atoms with Crippen molar-refractivity contribution in [3.63, 3.8) is 0 Å². The quantitative estimate of drug-likeness (QED) is 0.673. The highest BCUT2D eigenvalue weighted by molar-refractivity contribution is 7.89. The van der Waals surface area contributed by atoms with Crippen molar-refractivity contribution < 1.29 is 13.2 Å². The lowest BCUT2D eigenvalue weighted by molar-refractivity contribution is -0.122. The molecule has 1 aromatic heterocycles. The second-order valence-corrected chi connectivity index (χ2v) is 9.21. The molecule has 2 heterocycles. The fourth-order valence-electron chi connectivity index (χ4n) is 3.92. The molecular weight excluding hydrogens is 390 g/mol. The van der Waals surface area contributed by atoms with Gasteiger partial charge < -0.3 is 14.8 Å². The molecule has 1 aliphatic heterocycles. The molecule has 0 atom stereocenters. The van der Waals surface area contributed by atoms with Gasteiger partial charge in [-0.1, -0.05) is 13.8 Å². The number of aromatic nitrogens is 2. The van der Waals surface area contributed by atoms with Crippen LogP contribution in [0, 0.1) is 0 Å². The van der Waals surface area contributed by atoms with Crippen LogP contribution in [-0.2, 0) is 27.8 Å². The molecule has 1 saturated heterocycles. The van der Waals surface area contributed by atoms with Gasteiger partial charge in [-0.15, -0.1) is 0 Å². The number of aryl methyl sites for hydroxylation is 2. The number of primary sulfonamides is 1. The number of nitrogens with one attached hydrogen (secondary N) is 1. The van der Waals surface area contributed by atoms with Crippen molar-refractivity contribution in [2.45, 2.75) is 63.4 Å². The molecule has 1 aliphatic rings. The van der Waals surface area contributed by atoms with Crippen molar-refractivity contribution in [3.8, 4) is 0 Å². The summed E-state index contributed by atoms with van der Waals surface area (Å²) in [5.41, 5.74) is 1.45. The van der Waals surface area contributed by atoms with E-state index in [-0.39, 0.29) is 16.8 Å². The van der Waals surface area contributed by atoms with E-state index in [4.69, 9.17) is 5.14 Å². The Kier molecular flexibility index (Phi) is 6.92. The van der Waals surface area contributed by atoms with Crippen LogP contribution in [0.1, 0.15) is 45.4 Å². The maximum Gasteiger partial charge on any atom is 0.238 e. The van der Waals surface area contributed by atoms with E-state index in [9.17, 15) is 13.2 Å². The number of carbonyl (C=O) groups excluding carboxylic acids is 1. The maximum atomic E-state index is 12.4. The number of fused-ring (bicyclic) bond motifs is 1. The molecule has 0 saturated carbocycles. The topological polar surface area (TPSA) is 110 Å². The molecule has 8 nitrogen and oxygen atoms in total. The molecule has 0 radical (unpaired) electrons. The standard InChI is InChI=1S/C20H31N5O3S/c1-3-11-25-18-6-5-16(29(21,27)28)14-17(18)23-19(25)7-8-20(26)22-15-9-12-24(4-2)13-10-15/h5-6,14-15H,3-4,7-13H2,1-2H3,(H,22,26)(H2,21,27,28). The number of benzene rings is 1. The number of likely N-dealkylation sites (tertiary alicyclic amines) is 1. The van der Waals surface area contributed by atoms with Crippen LogP contribution in [0.4, 0.5) is 0 Å². The van der Waals surface area contributed by atoms with Crippen LogP contribution in [0.15, 0.2) is 23.1 Å². The second-order valence-electron chi connectivity index (χ2n) is 7.65. The minimum Gasteiger partial charge on any atom is -0.353 e. The highest BCUT2D eigenvalue weighted by Crippen LogP contribution is 2.21. The number of amides is 1. The first kappa shape index (κ1) is 21.7. The van der Waals surface area contributed by atoms with E-state index < -0.39 is 10.0 Å². The summed E-state index contributed by atoms with van der Waals surface area (Å²) in [4.78, 5) is 19.5. The van der Waals surface area contributed by atoms with Gasteiger partial charge in [-0.2, -0.15) is 0 Å². The summed E-state index contributed by atoms with van der Waals surface area (Å²) in [7, 11) is -3.78. The largest absolute Gasteiger partial charge is 0.353 e. The van der Waals surface area contributed by atoms with Crippen LogP contribution in [0.2, 0.25) is 0 Å². The van der Waals surface area contributed by atoms with Gasteiger partial charge in [-0.25, -0.2) is 18.5 Å². The predicted octanol–water partition coefficient (Wildman–Crippen LogP) is 1.63. The Balaban J connectivity index is 1.68. The van der Waals surface area contributed by atoms with Crippen LogP contribution >= 0.6 is 0 Å². The van der Waals surface area contributed by atoms with Gasteiger partial charge in [0.2, 0.25) is 15.9 Å². The van der Waals surface area contributed by atoms with Crippen LogP contribution < -0.4 is 10.5 Å². The van der Waals surface area contributed by atoms with Crippen molar-refractivity contribution in [2.75, 3.05) is 19.6 Å². The molecule has 2 aromatic rings. The van der Waals surface area contributed by atoms with E-state index in [1.165, 1.54) is 12.1 Å². The molecule has 3 rings (SSSR count). The number of nitrogens with zero attached hydrogens (tertiary/aromatic N) is 3. The third kappa shape index (κ3) is 5.34. The van der Waals surface area contributed by atoms with Crippen molar-refractivity contribution in [1.82, 2.24) is 19.8 Å². The van der Waals surface area contributed by atoms with Gasteiger partial charge in [0.1, 0.15) is 5.82 Å². The van der Waals surface area contributed by atoms with Crippen molar-refractivity contribution >= 4 is 27.0 Å². The first-order chi connectivity index (χ1) is 13.8. The van der Waals surface area contributed by atoms with Gasteiger partial charge in [0, 0.05) is 38.5 Å². The molecular formula is C20H31N5O3S. The van der Waals surface area contributed by atoms with Crippen molar-refractivity contribution in [2.24, 2.45) is 5.14 Å². The number of carbonyl (C=O) groups is 1. The molecule has 0 unspecified atom stereocenters. The van der Waals surface area contributed by atoms with Gasteiger partial charge in [-0.3, -0.25) is 4.79 Å². The fraction of sp³-hybridized carbons (Fsp3) is 0.600. The molecule has 1 amide bonds. The predicted molar refractivity (Wildman–Crippen MR) is 113 cm³/mol. The smallest absolute Gasteiger partial charge is 0.238 e. The average molecular weight is 422 g/mol. The van der Waals surface area contributed by atoms with E-state index in [2.05, 4.69) is 33.6 Å². The fourth-order valence-corrected chi connectivity index (χ4v) is 4.45. The van der Waals surface area contributed by atoms with Crippen LogP contribution in [0.25, 0.3) is 11.0 Å². The lowest BCUT2D eigenvalue weighted by Crippen LogP contribution is -2.44. The number of piperidine rings is 1. The molecule has 0 bridgehead atoms. The SMILES string of the molecule is CCCn1c(CCC(=O)NC2CCN(CC)CC2)nc2cc(S(N)(=O)=O)ccc21. The molecule has 160 valence electrons. The lowest BCUT2D eigenvalue weighted by atomic mass is 10.0. The van der Waals surface area contributed by atoms with Crippen LogP contribution in [-0.4, -0.2) is 54.5 Å². The Bertz CT molecular complexity index is 962. The Morgan fingerprint density at radius 2 is 2.00 bits per heavy atom. The second kappa shape index (κ2) is 9.23. The number of nitrogens with two attached hydrogens (primary N) is 1. The molecule has 1 aromatic carbocycles. The van der Waals surface area contributed by atoms with Crippen molar-refractivity contribution in [3.05, 3.63) is 24.0 Å². The zero-order chi connectivity index (χ0) is 21.0. The number of imidazole rings is 1.